The summed E-state index contributed by atoms with van der Waals surface area (Å²) in [4.78, 5) is 11.2. The molecular weight excluding hydrogens is 324 g/mol. The second-order valence-electron chi connectivity index (χ2n) is 5.20. The molecule has 0 aliphatic heterocycles. The molecule has 0 saturated heterocycles. The number of benzene rings is 1. The van der Waals surface area contributed by atoms with Crippen LogP contribution in [0.5, 0.6) is 11.5 Å². The lowest BCUT2D eigenvalue weighted by atomic mass is 9.89. The van der Waals surface area contributed by atoms with Crippen LogP contribution in [0.1, 0.15) is 36.3 Å². The molecule has 0 heterocycles. The van der Waals surface area contributed by atoms with E-state index in [0.717, 1.165) is 39.9 Å². The van der Waals surface area contributed by atoms with Gasteiger partial charge in [-0.1, -0.05) is 0 Å². The van der Waals surface area contributed by atoms with Gasteiger partial charge in [-0.15, -0.1) is 0 Å². The van der Waals surface area contributed by atoms with Crippen LogP contribution in [0.15, 0.2) is 10.5 Å². The summed E-state index contributed by atoms with van der Waals surface area (Å²) in [6, 6.07) is 1.91. The summed E-state index contributed by atoms with van der Waals surface area (Å²) in [6.07, 6.45) is 2.26. The van der Waals surface area contributed by atoms with Crippen LogP contribution in [0.25, 0.3) is 0 Å². The van der Waals surface area contributed by atoms with Gasteiger partial charge in [-0.3, -0.25) is 4.79 Å². The summed E-state index contributed by atoms with van der Waals surface area (Å²) in [5.41, 5.74) is 1.88. The molecule has 0 aromatic heterocycles. The SMILES string of the molecule is COc1cc(C)c(OC)c(Br)c1C(CC(=O)O)C1CC1. The van der Waals surface area contributed by atoms with Crippen molar-refractivity contribution in [3.63, 3.8) is 0 Å². The van der Waals surface area contributed by atoms with Gasteiger partial charge in [0.2, 0.25) is 0 Å². The van der Waals surface area contributed by atoms with Crippen molar-refractivity contribution >= 4 is 21.9 Å². The van der Waals surface area contributed by atoms with Crippen molar-refractivity contribution < 1.29 is 19.4 Å². The topological polar surface area (TPSA) is 55.8 Å². The van der Waals surface area contributed by atoms with Crippen LogP contribution in [-0.2, 0) is 4.79 Å². The first-order valence-corrected chi connectivity index (χ1v) is 7.41. The molecule has 1 atom stereocenters. The number of carboxylic acids is 1. The zero-order chi connectivity index (χ0) is 14.9. The molecule has 2 rings (SSSR count). The second kappa shape index (κ2) is 6.04. The van der Waals surface area contributed by atoms with Crippen molar-refractivity contribution in [1.29, 1.82) is 0 Å². The summed E-state index contributed by atoms with van der Waals surface area (Å²) in [5.74, 6) is 1.08. The van der Waals surface area contributed by atoms with Crippen molar-refractivity contribution in [2.45, 2.75) is 32.1 Å². The Kier molecular flexibility index (Phi) is 4.58. The zero-order valence-corrected chi connectivity index (χ0v) is 13.5. The molecule has 1 saturated carbocycles. The Morgan fingerprint density at radius 3 is 2.55 bits per heavy atom. The number of rotatable bonds is 6. The summed E-state index contributed by atoms with van der Waals surface area (Å²) in [6.45, 7) is 1.94. The number of hydrogen-bond acceptors (Lipinski definition) is 3. The van der Waals surface area contributed by atoms with Crippen molar-refractivity contribution in [2.75, 3.05) is 14.2 Å². The summed E-state index contributed by atoms with van der Waals surface area (Å²) in [5, 5.41) is 9.17. The van der Waals surface area contributed by atoms with E-state index in [0.29, 0.717) is 5.92 Å². The summed E-state index contributed by atoms with van der Waals surface area (Å²) < 4.78 is 11.7. The van der Waals surface area contributed by atoms with Gasteiger partial charge in [-0.25, -0.2) is 0 Å². The quantitative estimate of drug-likeness (QED) is 0.855. The molecule has 4 nitrogen and oxygen atoms in total. The van der Waals surface area contributed by atoms with E-state index in [1.54, 1.807) is 14.2 Å². The Labute approximate surface area is 127 Å². The van der Waals surface area contributed by atoms with Crippen molar-refractivity contribution in [2.24, 2.45) is 5.92 Å². The molecule has 1 aliphatic rings. The highest BCUT2D eigenvalue weighted by molar-refractivity contribution is 9.10. The van der Waals surface area contributed by atoms with Gasteiger partial charge in [0, 0.05) is 11.5 Å². The monoisotopic (exact) mass is 342 g/mol. The molecule has 0 bridgehead atoms. The molecule has 1 aliphatic carbocycles. The first kappa shape index (κ1) is 15.2. The summed E-state index contributed by atoms with van der Waals surface area (Å²) in [7, 11) is 3.23. The number of carboxylic acid groups (broad SMARTS) is 1. The molecule has 1 fully saturated rings. The molecule has 1 unspecified atom stereocenters. The highest BCUT2D eigenvalue weighted by atomic mass is 79.9. The predicted octanol–water partition coefficient (Wildman–Crippen LogP) is 3.74. The van der Waals surface area contributed by atoms with Gasteiger partial charge in [-0.2, -0.15) is 0 Å². The maximum absolute atomic E-state index is 11.2. The van der Waals surface area contributed by atoms with Crippen LogP contribution in [0.3, 0.4) is 0 Å². The third-order valence-electron chi connectivity index (χ3n) is 3.79. The number of ether oxygens (including phenoxy) is 2. The third-order valence-corrected chi connectivity index (χ3v) is 4.57. The van der Waals surface area contributed by atoms with Crippen LogP contribution in [0.2, 0.25) is 0 Å². The second-order valence-corrected chi connectivity index (χ2v) is 5.99. The minimum absolute atomic E-state index is 0.0358. The normalized spacial score (nSPS) is 15.8. The van der Waals surface area contributed by atoms with E-state index in [9.17, 15) is 9.90 Å². The smallest absolute Gasteiger partial charge is 0.303 e. The average Bonchev–Trinajstić information content (AvgIpc) is 3.20. The van der Waals surface area contributed by atoms with Gasteiger partial charge < -0.3 is 14.6 Å². The van der Waals surface area contributed by atoms with E-state index in [4.69, 9.17) is 9.47 Å². The Balaban J connectivity index is 2.54. The largest absolute Gasteiger partial charge is 0.496 e. The Morgan fingerprint density at radius 2 is 2.10 bits per heavy atom. The van der Waals surface area contributed by atoms with Gasteiger partial charge in [0.15, 0.2) is 0 Å². The Morgan fingerprint density at radius 1 is 1.45 bits per heavy atom. The maximum Gasteiger partial charge on any atom is 0.303 e. The van der Waals surface area contributed by atoms with Gasteiger partial charge >= 0.3 is 5.97 Å². The molecule has 5 heteroatoms. The lowest BCUT2D eigenvalue weighted by Crippen LogP contribution is -2.11. The number of halogens is 1. The number of hydrogen-bond donors (Lipinski definition) is 1. The van der Waals surface area contributed by atoms with E-state index in [1.165, 1.54) is 0 Å². The minimum atomic E-state index is -0.782. The van der Waals surface area contributed by atoms with Crippen LogP contribution in [0, 0.1) is 12.8 Å². The average molecular weight is 343 g/mol. The molecule has 1 N–H and O–H groups in total. The number of methoxy groups -OCH3 is 2. The predicted molar refractivity (Wildman–Crippen MR) is 79.7 cm³/mol. The molecule has 110 valence electrons. The van der Waals surface area contributed by atoms with Gasteiger partial charge in [0.05, 0.1) is 25.1 Å². The van der Waals surface area contributed by atoms with Crippen LogP contribution >= 0.6 is 15.9 Å². The van der Waals surface area contributed by atoms with Crippen molar-refractivity contribution in [3.05, 3.63) is 21.7 Å². The lowest BCUT2D eigenvalue weighted by Gasteiger charge is -2.22. The zero-order valence-electron chi connectivity index (χ0n) is 11.9. The van der Waals surface area contributed by atoms with E-state index >= 15 is 0 Å². The van der Waals surface area contributed by atoms with Gasteiger partial charge in [0.25, 0.3) is 0 Å². The van der Waals surface area contributed by atoms with Crippen molar-refractivity contribution in [3.8, 4) is 11.5 Å². The maximum atomic E-state index is 11.2. The highest BCUT2D eigenvalue weighted by Gasteiger charge is 2.37. The number of aliphatic carboxylic acids is 1. The fourth-order valence-corrected chi connectivity index (χ4v) is 3.66. The fourth-order valence-electron chi connectivity index (χ4n) is 2.70. The van der Waals surface area contributed by atoms with Gasteiger partial charge in [-0.05, 0) is 53.2 Å². The number of aryl methyl sites for hydroxylation is 1. The van der Waals surface area contributed by atoms with Crippen LogP contribution < -0.4 is 9.47 Å². The molecule has 0 radical (unpaired) electrons. The lowest BCUT2D eigenvalue weighted by molar-refractivity contribution is -0.137. The third kappa shape index (κ3) is 2.92. The fraction of sp³-hybridized carbons (Fsp3) is 0.533. The molecule has 20 heavy (non-hydrogen) atoms. The minimum Gasteiger partial charge on any atom is -0.496 e. The molecule has 0 amide bonds. The number of carbonyl (C=O) groups is 1. The van der Waals surface area contributed by atoms with E-state index < -0.39 is 5.97 Å². The Bertz CT molecular complexity index is 523. The molecule has 0 spiro atoms. The molecular formula is C15H19BrO4. The van der Waals surface area contributed by atoms with Crippen LogP contribution in [0.4, 0.5) is 0 Å². The van der Waals surface area contributed by atoms with E-state index in [1.807, 2.05) is 13.0 Å². The van der Waals surface area contributed by atoms with Crippen LogP contribution in [-0.4, -0.2) is 25.3 Å². The summed E-state index contributed by atoms with van der Waals surface area (Å²) >= 11 is 3.57. The molecule has 1 aromatic carbocycles. The van der Waals surface area contributed by atoms with E-state index in [2.05, 4.69) is 15.9 Å². The first-order valence-electron chi connectivity index (χ1n) is 6.62. The van der Waals surface area contributed by atoms with Gasteiger partial charge in [0.1, 0.15) is 11.5 Å². The standard InChI is InChI=1S/C15H19BrO4/c1-8-6-11(19-2)13(14(16)15(8)20-3)10(7-12(17)18)9-4-5-9/h6,9-10H,4-5,7H2,1-3H3,(H,17,18). The Hall–Kier alpha value is -1.23. The van der Waals surface area contributed by atoms with Crippen molar-refractivity contribution in [1.82, 2.24) is 0 Å². The molecule has 1 aromatic rings. The van der Waals surface area contributed by atoms with E-state index in [-0.39, 0.29) is 12.3 Å². The highest BCUT2D eigenvalue weighted by Crippen LogP contribution is 2.51. The first-order chi connectivity index (χ1) is 9.49.